The molecular formula is C18H20BrN5O3S2. The van der Waals surface area contributed by atoms with Gasteiger partial charge in [-0.05, 0) is 53.0 Å². The molecule has 1 aliphatic heterocycles. The Bertz CT molecular complexity index is 1130. The van der Waals surface area contributed by atoms with Crippen LogP contribution in [-0.4, -0.2) is 52.9 Å². The smallest absolute Gasteiger partial charge is 0.252 e. The summed E-state index contributed by atoms with van der Waals surface area (Å²) in [5.74, 6) is 0.306. The van der Waals surface area contributed by atoms with Crippen molar-refractivity contribution in [1.29, 1.82) is 0 Å². The summed E-state index contributed by atoms with van der Waals surface area (Å²) in [7, 11) is -3.57. The van der Waals surface area contributed by atoms with Gasteiger partial charge in [-0.2, -0.15) is 4.31 Å². The summed E-state index contributed by atoms with van der Waals surface area (Å²) in [5.41, 5.74) is 0.766. The molecule has 1 atom stereocenters. The van der Waals surface area contributed by atoms with Gasteiger partial charge in [0.25, 0.3) is 10.0 Å². The largest absolute Gasteiger partial charge is 0.355 e. The van der Waals surface area contributed by atoms with Gasteiger partial charge in [0.05, 0.1) is 9.70 Å². The first-order valence-corrected chi connectivity index (χ1v) is 12.3. The Morgan fingerprint density at radius 1 is 1.28 bits per heavy atom. The minimum absolute atomic E-state index is 0.119. The van der Waals surface area contributed by atoms with Crippen LogP contribution in [0.2, 0.25) is 0 Å². The van der Waals surface area contributed by atoms with E-state index < -0.39 is 10.0 Å². The number of carbonyl (C=O) groups is 1. The molecule has 1 amide bonds. The van der Waals surface area contributed by atoms with Gasteiger partial charge in [0.1, 0.15) is 10.0 Å². The van der Waals surface area contributed by atoms with Crippen LogP contribution in [-0.2, 0) is 21.2 Å². The highest BCUT2D eigenvalue weighted by atomic mass is 79.9. The second-order valence-corrected chi connectivity index (χ2v) is 11.5. The van der Waals surface area contributed by atoms with Crippen LogP contribution >= 0.6 is 27.3 Å². The third-order valence-electron chi connectivity index (χ3n) is 4.93. The molecule has 29 heavy (non-hydrogen) atoms. The number of rotatable bonds is 6. The molecule has 8 nitrogen and oxygen atoms in total. The maximum absolute atomic E-state index is 12.8. The van der Waals surface area contributed by atoms with Crippen molar-refractivity contribution in [3.63, 3.8) is 0 Å². The lowest BCUT2D eigenvalue weighted by Gasteiger charge is -2.30. The fourth-order valence-electron chi connectivity index (χ4n) is 3.44. The summed E-state index contributed by atoms with van der Waals surface area (Å²) in [4.78, 5) is 12.6. The molecule has 1 unspecified atom stereocenters. The van der Waals surface area contributed by atoms with Crippen molar-refractivity contribution < 1.29 is 13.2 Å². The Kier molecular flexibility index (Phi) is 6.00. The van der Waals surface area contributed by atoms with E-state index >= 15 is 0 Å². The Morgan fingerprint density at radius 3 is 2.93 bits per heavy atom. The fraction of sp³-hybridized carbons (Fsp3) is 0.389. The Labute approximate surface area is 181 Å². The minimum atomic E-state index is -3.57. The number of amides is 1. The van der Waals surface area contributed by atoms with Crippen molar-refractivity contribution in [2.45, 2.75) is 23.5 Å². The molecule has 0 aromatic carbocycles. The van der Waals surface area contributed by atoms with Gasteiger partial charge in [0.15, 0.2) is 5.65 Å². The highest BCUT2D eigenvalue weighted by molar-refractivity contribution is 9.11. The molecule has 11 heteroatoms. The second kappa shape index (κ2) is 8.50. The van der Waals surface area contributed by atoms with Crippen molar-refractivity contribution in [3.05, 3.63) is 46.1 Å². The molecule has 1 aliphatic rings. The summed E-state index contributed by atoms with van der Waals surface area (Å²) >= 11 is 4.49. The minimum Gasteiger partial charge on any atom is -0.355 e. The number of carbonyl (C=O) groups excluding carboxylic acids is 1. The predicted molar refractivity (Wildman–Crippen MR) is 113 cm³/mol. The third-order valence-corrected chi connectivity index (χ3v) is 8.89. The molecule has 0 aliphatic carbocycles. The van der Waals surface area contributed by atoms with E-state index in [0.29, 0.717) is 36.6 Å². The molecular weight excluding hydrogens is 478 g/mol. The average molecular weight is 498 g/mol. The van der Waals surface area contributed by atoms with Gasteiger partial charge in [-0.25, -0.2) is 8.42 Å². The predicted octanol–water partition coefficient (Wildman–Crippen LogP) is 2.31. The first-order valence-electron chi connectivity index (χ1n) is 9.27. The second-order valence-electron chi connectivity index (χ2n) is 6.85. The quantitative estimate of drug-likeness (QED) is 0.563. The fourth-order valence-corrected chi connectivity index (χ4v) is 7.13. The average Bonchev–Trinajstić information content (AvgIpc) is 3.35. The highest BCUT2D eigenvalue weighted by Gasteiger charge is 2.34. The van der Waals surface area contributed by atoms with Gasteiger partial charge < -0.3 is 5.32 Å². The monoisotopic (exact) mass is 497 g/mol. The van der Waals surface area contributed by atoms with Crippen molar-refractivity contribution >= 4 is 48.8 Å². The van der Waals surface area contributed by atoms with Crippen molar-refractivity contribution in [2.75, 3.05) is 19.6 Å². The Balaban J connectivity index is 1.35. The van der Waals surface area contributed by atoms with E-state index in [-0.39, 0.29) is 18.4 Å². The number of fused-ring (bicyclic) bond motifs is 1. The first-order chi connectivity index (χ1) is 13.9. The third kappa shape index (κ3) is 4.37. The van der Waals surface area contributed by atoms with Gasteiger partial charge in [0, 0.05) is 32.3 Å². The number of hydrogen-bond donors (Lipinski definition) is 1. The van der Waals surface area contributed by atoms with E-state index in [2.05, 4.69) is 31.4 Å². The van der Waals surface area contributed by atoms with Crippen LogP contribution in [0.25, 0.3) is 5.65 Å². The normalized spacial score (nSPS) is 18.2. The molecule has 1 N–H and O–H groups in total. The van der Waals surface area contributed by atoms with Crippen LogP contribution in [0.5, 0.6) is 0 Å². The number of pyridine rings is 1. The zero-order valence-electron chi connectivity index (χ0n) is 15.5. The molecule has 4 rings (SSSR count). The number of halogens is 1. The maximum atomic E-state index is 12.8. The molecule has 0 bridgehead atoms. The van der Waals surface area contributed by atoms with Crippen LogP contribution in [0.15, 0.2) is 44.5 Å². The summed E-state index contributed by atoms with van der Waals surface area (Å²) in [6.45, 7) is 1.07. The number of thiophene rings is 1. The molecule has 0 saturated carbocycles. The molecule has 3 aromatic rings. The van der Waals surface area contributed by atoms with Gasteiger partial charge in [-0.1, -0.05) is 6.07 Å². The molecule has 1 saturated heterocycles. The van der Waals surface area contributed by atoms with Crippen LogP contribution < -0.4 is 5.32 Å². The van der Waals surface area contributed by atoms with Crippen molar-refractivity contribution in [3.8, 4) is 0 Å². The number of aromatic nitrogens is 3. The number of piperidine rings is 1. The lowest BCUT2D eigenvalue weighted by atomic mass is 9.99. The molecule has 0 spiro atoms. The number of nitrogens with one attached hydrogen (secondary N) is 1. The van der Waals surface area contributed by atoms with Crippen molar-refractivity contribution in [2.24, 2.45) is 5.92 Å². The van der Waals surface area contributed by atoms with Gasteiger partial charge >= 0.3 is 0 Å². The standard InChI is InChI=1S/C18H20BrN5O3S2/c19-14-6-7-17(28-14)29(26,27)23-10-3-4-13(12-23)18(25)20-9-8-16-22-21-15-5-1-2-11-24(15)16/h1-2,5-7,11,13H,3-4,8-10,12H2,(H,20,25). The van der Waals surface area contributed by atoms with Crippen LogP contribution in [0, 0.1) is 5.92 Å². The number of sulfonamides is 1. The summed E-state index contributed by atoms with van der Waals surface area (Å²) in [6.07, 6.45) is 3.78. The van der Waals surface area contributed by atoms with E-state index in [1.54, 1.807) is 12.1 Å². The summed E-state index contributed by atoms with van der Waals surface area (Å²) < 4.78 is 30.0. The number of hydrogen-bond acceptors (Lipinski definition) is 6. The van der Waals surface area contributed by atoms with E-state index in [1.165, 1.54) is 15.6 Å². The summed E-state index contributed by atoms with van der Waals surface area (Å²) in [5, 5.41) is 11.2. The van der Waals surface area contributed by atoms with Gasteiger partial charge in [0.2, 0.25) is 5.91 Å². The van der Waals surface area contributed by atoms with Crippen LogP contribution in [0.4, 0.5) is 0 Å². The van der Waals surface area contributed by atoms with E-state index in [4.69, 9.17) is 0 Å². The molecule has 154 valence electrons. The number of nitrogens with zero attached hydrogens (tertiary/aromatic N) is 4. The van der Waals surface area contributed by atoms with E-state index in [9.17, 15) is 13.2 Å². The van der Waals surface area contributed by atoms with Gasteiger partial charge in [-0.3, -0.25) is 9.20 Å². The SMILES string of the molecule is O=C(NCCc1nnc2ccccn12)C1CCCN(S(=O)(=O)c2ccc(Br)s2)C1. The molecule has 1 fully saturated rings. The zero-order valence-corrected chi connectivity index (χ0v) is 18.7. The maximum Gasteiger partial charge on any atom is 0.252 e. The van der Waals surface area contributed by atoms with Crippen LogP contribution in [0.3, 0.4) is 0 Å². The lowest BCUT2D eigenvalue weighted by molar-refractivity contribution is -0.126. The molecule has 0 radical (unpaired) electrons. The van der Waals surface area contributed by atoms with E-state index in [0.717, 1.165) is 15.3 Å². The van der Waals surface area contributed by atoms with E-state index in [1.807, 2.05) is 28.8 Å². The topological polar surface area (TPSA) is 96.7 Å². The first kappa shape index (κ1) is 20.5. The molecule has 4 heterocycles. The zero-order chi connectivity index (χ0) is 20.4. The molecule has 3 aromatic heterocycles. The van der Waals surface area contributed by atoms with Crippen LogP contribution in [0.1, 0.15) is 18.7 Å². The Hall–Kier alpha value is -1.82. The lowest BCUT2D eigenvalue weighted by Crippen LogP contribution is -2.45. The highest BCUT2D eigenvalue weighted by Crippen LogP contribution is 2.30. The Morgan fingerprint density at radius 2 is 2.14 bits per heavy atom. The summed E-state index contributed by atoms with van der Waals surface area (Å²) in [6, 6.07) is 8.99. The van der Waals surface area contributed by atoms with Crippen molar-refractivity contribution in [1.82, 2.24) is 24.2 Å². The van der Waals surface area contributed by atoms with Gasteiger partial charge in [-0.15, -0.1) is 21.5 Å².